The number of carbonyl (C=O) groups is 1. The lowest BCUT2D eigenvalue weighted by molar-refractivity contribution is -0.114. The number of nitrogens with one attached hydrogen (secondary N) is 1. The van der Waals surface area contributed by atoms with E-state index in [-0.39, 0.29) is 12.5 Å². The van der Waals surface area contributed by atoms with E-state index in [0.29, 0.717) is 41.4 Å². The second kappa shape index (κ2) is 6.85. The lowest BCUT2D eigenvalue weighted by Crippen LogP contribution is -2.06. The number of halogens is 1. The van der Waals surface area contributed by atoms with Gasteiger partial charge in [0.2, 0.25) is 5.91 Å². The SMILES string of the molecule is CC(=O)Nc1ccc2c(c1)OCc1cc(-c3ccc(F)cc3CO)nn1C2. The van der Waals surface area contributed by atoms with Crippen LogP contribution in [0.15, 0.2) is 42.5 Å². The van der Waals surface area contributed by atoms with E-state index in [0.717, 1.165) is 11.3 Å². The zero-order valence-corrected chi connectivity index (χ0v) is 14.7. The van der Waals surface area contributed by atoms with Gasteiger partial charge in [-0.05, 0) is 35.9 Å². The van der Waals surface area contributed by atoms with Crippen molar-refractivity contribution in [3.05, 3.63) is 65.1 Å². The Morgan fingerprint density at radius 1 is 1.30 bits per heavy atom. The third kappa shape index (κ3) is 3.41. The molecule has 0 aliphatic carbocycles. The molecule has 7 heteroatoms. The van der Waals surface area contributed by atoms with Crippen molar-refractivity contribution in [1.82, 2.24) is 9.78 Å². The number of rotatable bonds is 3. The van der Waals surface area contributed by atoms with Crippen molar-refractivity contribution in [1.29, 1.82) is 0 Å². The number of aliphatic hydroxyl groups is 1. The fraction of sp³-hybridized carbons (Fsp3) is 0.200. The van der Waals surface area contributed by atoms with Gasteiger partial charge in [-0.25, -0.2) is 4.39 Å². The van der Waals surface area contributed by atoms with Crippen LogP contribution >= 0.6 is 0 Å². The zero-order chi connectivity index (χ0) is 19.0. The van der Waals surface area contributed by atoms with E-state index in [2.05, 4.69) is 10.4 Å². The smallest absolute Gasteiger partial charge is 0.221 e. The molecule has 2 N–H and O–H groups in total. The van der Waals surface area contributed by atoms with E-state index >= 15 is 0 Å². The molecular formula is C20H18FN3O3. The summed E-state index contributed by atoms with van der Waals surface area (Å²) in [6.45, 7) is 2.03. The molecule has 4 rings (SSSR count). The maximum absolute atomic E-state index is 13.4. The van der Waals surface area contributed by atoms with Crippen LogP contribution in [-0.2, 0) is 24.6 Å². The highest BCUT2D eigenvalue weighted by molar-refractivity contribution is 5.88. The van der Waals surface area contributed by atoms with Crippen LogP contribution in [0.2, 0.25) is 0 Å². The van der Waals surface area contributed by atoms with E-state index in [9.17, 15) is 14.3 Å². The van der Waals surface area contributed by atoms with Gasteiger partial charge >= 0.3 is 0 Å². The van der Waals surface area contributed by atoms with Gasteiger partial charge in [0.1, 0.15) is 18.2 Å². The molecule has 138 valence electrons. The summed E-state index contributed by atoms with van der Waals surface area (Å²) >= 11 is 0. The van der Waals surface area contributed by atoms with Crippen LogP contribution in [0.1, 0.15) is 23.7 Å². The minimum atomic E-state index is -0.393. The number of amides is 1. The summed E-state index contributed by atoms with van der Waals surface area (Å²) in [5.74, 6) is 0.169. The van der Waals surface area contributed by atoms with Gasteiger partial charge in [0.05, 0.1) is 24.5 Å². The van der Waals surface area contributed by atoms with Crippen LogP contribution in [0.5, 0.6) is 5.75 Å². The van der Waals surface area contributed by atoms with E-state index in [1.807, 2.05) is 22.9 Å². The van der Waals surface area contributed by atoms with E-state index in [1.54, 1.807) is 12.1 Å². The zero-order valence-electron chi connectivity index (χ0n) is 14.7. The Labute approximate surface area is 155 Å². The summed E-state index contributed by atoms with van der Waals surface area (Å²) in [4.78, 5) is 11.2. The normalized spacial score (nSPS) is 12.6. The van der Waals surface area contributed by atoms with Gasteiger partial charge in [-0.2, -0.15) is 5.10 Å². The summed E-state index contributed by atoms with van der Waals surface area (Å²) in [7, 11) is 0. The predicted octanol–water partition coefficient (Wildman–Crippen LogP) is 3.08. The molecule has 2 heterocycles. The van der Waals surface area contributed by atoms with Crippen LogP contribution in [0.4, 0.5) is 10.1 Å². The maximum atomic E-state index is 13.4. The molecule has 0 bridgehead atoms. The Hall–Kier alpha value is -3.19. The van der Waals surface area contributed by atoms with E-state index < -0.39 is 5.82 Å². The topological polar surface area (TPSA) is 76.4 Å². The van der Waals surface area contributed by atoms with Crippen molar-refractivity contribution >= 4 is 11.6 Å². The van der Waals surface area contributed by atoms with E-state index in [4.69, 9.17) is 4.74 Å². The Bertz CT molecular complexity index is 1030. The number of ether oxygens (including phenoxy) is 1. The summed E-state index contributed by atoms with van der Waals surface area (Å²) in [5, 5.41) is 16.9. The highest BCUT2D eigenvalue weighted by atomic mass is 19.1. The largest absolute Gasteiger partial charge is 0.487 e. The molecule has 0 atom stereocenters. The lowest BCUT2D eigenvalue weighted by atomic mass is 10.0. The second-order valence-electron chi connectivity index (χ2n) is 6.43. The van der Waals surface area contributed by atoms with Crippen molar-refractivity contribution in [3.63, 3.8) is 0 Å². The Morgan fingerprint density at radius 3 is 2.93 bits per heavy atom. The number of hydrogen-bond acceptors (Lipinski definition) is 4. The van der Waals surface area contributed by atoms with Crippen LogP contribution in [-0.4, -0.2) is 20.8 Å². The number of hydrogen-bond donors (Lipinski definition) is 2. The number of aliphatic hydroxyl groups excluding tert-OH is 1. The highest BCUT2D eigenvalue weighted by Crippen LogP contribution is 2.31. The van der Waals surface area contributed by atoms with Gasteiger partial charge in [-0.1, -0.05) is 6.07 Å². The Kier molecular flexibility index (Phi) is 4.37. The number of anilines is 1. The molecule has 2 aromatic carbocycles. The molecule has 0 saturated heterocycles. The summed E-state index contributed by atoms with van der Waals surface area (Å²) in [6, 6.07) is 11.7. The fourth-order valence-corrected chi connectivity index (χ4v) is 3.20. The van der Waals surface area contributed by atoms with Crippen LogP contribution in [0.25, 0.3) is 11.3 Å². The van der Waals surface area contributed by atoms with Gasteiger partial charge in [0.25, 0.3) is 0 Å². The second-order valence-corrected chi connectivity index (χ2v) is 6.43. The molecular weight excluding hydrogens is 349 g/mol. The minimum absolute atomic E-state index is 0.139. The average Bonchev–Trinajstić information content (AvgIpc) is 2.95. The van der Waals surface area contributed by atoms with Crippen molar-refractivity contribution in [2.24, 2.45) is 0 Å². The van der Waals surface area contributed by atoms with E-state index in [1.165, 1.54) is 19.1 Å². The maximum Gasteiger partial charge on any atom is 0.221 e. The molecule has 1 amide bonds. The molecule has 1 aromatic heterocycles. The first-order chi connectivity index (χ1) is 13.0. The average molecular weight is 367 g/mol. The first kappa shape index (κ1) is 17.2. The molecule has 0 spiro atoms. The molecule has 0 unspecified atom stereocenters. The van der Waals surface area contributed by atoms with Crippen LogP contribution < -0.4 is 10.1 Å². The van der Waals surface area contributed by atoms with Crippen LogP contribution in [0.3, 0.4) is 0 Å². The van der Waals surface area contributed by atoms with Crippen molar-refractivity contribution in [3.8, 4) is 17.0 Å². The van der Waals surface area contributed by atoms with Crippen molar-refractivity contribution < 1.29 is 19.0 Å². The fourth-order valence-electron chi connectivity index (χ4n) is 3.20. The summed E-state index contributed by atoms with van der Waals surface area (Å²) in [5.41, 5.74) is 4.34. The first-order valence-electron chi connectivity index (χ1n) is 8.53. The summed E-state index contributed by atoms with van der Waals surface area (Å²) in [6.07, 6.45) is 0. The number of benzene rings is 2. The Balaban J connectivity index is 1.67. The lowest BCUT2D eigenvalue weighted by Gasteiger charge is -2.10. The molecule has 6 nitrogen and oxygen atoms in total. The van der Waals surface area contributed by atoms with Gasteiger partial charge in [0.15, 0.2) is 0 Å². The third-order valence-electron chi connectivity index (χ3n) is 4.46. The molecule has 27 heavy (non-hydrogen) atoms. The van der Waals surface area contributed by atoms with Crippen LogP contribution in [0, 0.1) is 5.82 Å². The molecule has 0 radical (unpaired) electrons. The molecule has 0 fully saturated rings. The molecule has 3 aromatic rings. The molecule has 1 aliphatic heterocycles. The molecule has 1 aliphatic rings. The van der Waals surface area contributed by atoms with Gasteiger partial charge in [-0.15, -0.1) is 0 Å². The standard InChI is InChI=1S/C20H18FN3O3/c1-12(26)22-16-4-2-13-9-24-17(11-27-20(13)7-16)8-19(23-24)18-5-3-15(21)6-14(18)10-25/h2-8,25H,9-11H2,1H3,(H,22,26). The predicted molar refractivity (Wildman–Crippen MR) is 97.7 cm³/mol. The van der Waals surface area contributed by atoms with Gasteiger partial charge in [-0.3, -0.25) is 9.48 Å². The molecule has 0 saturated carbocycles. The Morgan fingerprint density at radius 2 is 2.15 bits per heavy atom. The first-order valence-corrected chi connectivity index (χ1v) is 8.53. The van der Waals surface area contributed by atoms with Gasteiger partial charge < -0.3 is 15.2 Å². The minimum Gasteiger partial charge on any atom is -0.487 e. The quantitative estimate of drug-likeness (QED) is 0.746. The van der Waals surface area contributed by atoms with Crippen molar-refractivity contribution in [2.75, 3.05) is 5.32 Å². The van der Waals surface area contributed by atoms with Crippen molar-refractivity contribution in [2.45, 2.75) is 26.7 Å². The highest BCUT2D eigenvalue weighted by Gasteiger charge is 2.19. The number of aromatic nitrogens is 2. The number of carbonyl (C=O) groups excluding carboxylic acids is 1. The van der Waals surface area contributed by atoms with Gasteiger partial charge in [0, 0.05) is 29.8 Å². The summed E-state index contributed by atoms with van der Waals surface area (Å²) < 4.78 is 21.2. The third-order valence-corrected chi connectivity index (χ3v) is 4.46. The monoisotopic (exact) mass is 367 g/mol. The number of fused-ring (bicyclic) bond motifs is 2. The number of nitrogens with zero attached hydrogens (tertiary/aromatic N) is 2.